The highest BCUT2D eigenvalue weighted by molar-refractivity contribution is 5.81. The van der Waals surface area contributed by atoms with Gasteiger partial charge in [0.1, 0.15) is 5.82 Å². The Morgan fingerprint density at radius 2 is 1.75 bits per heavy atom. The van der Waals surface area contributed by atoms with Gasteiger partial charge in [0.2, 0.25) is 0 Å². The van der Waals surface area contributed by atoms with Gasteiger partial charge in [0.25, 0.3) is 0 Å². The van der Waals surface area contributed by atoms with Crippen molar-refractivity contribution in [2.75, 3.05) is 6.54 Å². The van der Waals surface area contributed by atoms with Crippen LogP contribution in [0.4, 0.5) is 4.39 Å². The molecule has 142 valence electrons. The molecule has 2 aliphatic heterocycles. The van der Waals surface area contributed by atoms with E-state index in [0.717, 1.165) is 41.3 Å². The van der Waals surface area contributed by atoms with Crippen molar-refractivity contribution >= 4 is 0 Å². The molecule has 3 aromatic rings. The fourth-order valence-corrected chi connectivity index (χ4v) is 4.77. The Kier molecular flexibility index (Phi) is 4.27. The van der Waals surface area contributed by atoms with E-state index in [9.17, 15) is 4.39 Å². The third-order valence-corrected chi connectivity index (χ3v) is 6.06. The zero-order chi connectivity index (χ0) is 19.1. The number of pyridine rings is 1. The van der Waals surface area contributed by atoms with Crippen molar-refractivity contribution in [3.63, 3.8) is 0 Å². The Morgan fingerprint density at radius 3 is 2.54 bits per heavy atom. The Labute approximate surface area is 165 Å². The van der Waals surface area contributed by atoms with Gasteiger partial charge in [0.05, 0.1) is 11.7 Å². The van der Waals surface area contributed by atoms with E-state index in [-0.39, 0.29) is 5.82 Å². The minimum Gasteiger partial charge on any atom is -0.374 e. The van der Waals surface area contributed by atoms with Crippen LogP contribution in [0.5, 0.6) is 0 Å². The number of rotatable bonds is 3. The van der Waals surface area contributed by atoms with Gasteiger partial charge in [-0.15, -0.1) is 0 Å². The van der Waals surface area contributed by atoms with Gasteiger partial charge in [-0.2, -0.15) is 0 Å². The normalized spacial score (nSPS) is 23.8. The molecule has 2 unspecified atom stereocenters. The number of hydrogen-bond acceptors (Lipinski definition) is 2. The van der Waals surface area contributed by atoms with Gasteiger partial charge in [-0.25, -0.2) is 4.39 Å². The molecule has 0 spiro atoms. The van der Waals surface area contributed by atoms with Crippen molar-refractivity contribution in [3.8, 4) is 22.4 Å². The summed E-state index contributed by atoms with van der Waals surface area (Å²) in [6, 6.07) is 14.0. The standard InChI is InChI=1S/C24H24FN3/c1-17-14-22-15-21(8-12-27(22)16-17)28-13-9-23(18-6-10-26-11-7-18)24(28)19-2-4-20(25)5-3-19/h2-13,17,21-22H,14-16H2,1H3/t17?,21?,22-/m0/s1. The second-order valence-corrected chi connectivity index (χ2v) is 8.06. The van der Waals surface area contributed by atoms with Crippen LogP contribution < -0.4 is 0 Å². The van der Waals surface area contributed by atoms with Crippen molar-refractivity contribution < 1.29 is 4.39 Å². The van der Waals surface area contributed by atoms with Crippen LogP contribution in [-0.4, -0.2) is 27.0 Å². The predicted octanol–water partition coefficient (Wildman–Crippen LogP) is 5.53. The number of halogens is 1. The molecule has 2 aromatic heterocycles. The van der Waals surface area contributed by atoms with Gasteiger partial charge in [0.15, 0.2) is 0 Å². The maximum atomic E-state index is 13.6. The number of hydrogen-bond donors (Lipinski definition) is 0. The molecule has 28 heavy (non-hydrogen) atoms. The number of benzene rings is 1. The van der Waals surface area contributed by atoms with Crippen LogP contribution >= 0.6 is 0 Å². The topological polar surface area (TPSA) is 21.1 Å². The monoisotopic (exact) mass is 373 g/mol. The Hall–Kier alpha value is -2.88. The molecule has 3 atom stereocenters. The molecule has 0 amide bonds. The molecule has 4 heteroatoms. The van der Waals surface area contributed by atoms with E-state index in [2.05, 4.69) is 45.9 Å². The molecular weight excluding hydrogens is 349 g/mol. The minimum atomic E-state index is -0.208. The van der Waals surface area contributed by atoms with E-state index in [4.69, 9.17) is 0 Å². The molecule has 0 saturated carbocycles. The second kappa shape index (κ2) is 6.93. The highest BCUT2D eigenvalue weighted by atomic mass is 19.1. The van der Waals surface area contributed by atoms with Crippen LogP contribution in [0.15, 0.2) is 73.3 Å². The molecule has 4 heterocycles. The van der Waals surface area contributed by atoms with Gasteiger partial charge in [-0.05, 0) is 84.6 Å². The number of aromatic nitrogens is 2. The first-order valence-electron chi connectivity index (χ1n) is 10.0. The van der Waals surface area contributed by atoms with Crippen LogP contribution in [0.25, 0.3) is 22.4 Å². The number of fused-ring (bicyclic) bond motifs is 1. The molecule has 1 aromatic carbocycles. The van der Waals surface area contributed by atoms with Crippen molar-refractivity contribution in [2.24, 2.45) is 5.92 Å². The number of allylic oxidation sites excluding steroid dienone is 1. The van der Waals surface area contributed by atoms with Crippen LogP contribution in [0.1, 0.15) is 25.8 Å². The average molecular weight is 373 g/mol. The fraction of sp³-hybridized carbons (Fsp3) is 0.292. The SMILES string of the molecule is CC1C[C@H]2CC(n3ccc(-c4ccncc4)c3-c3ccc(F)cc3)C=CN2C1. The van der Waals surface area contributed by atoms with Crippen molar-refractivity contribution in [2.45, 2.75) is 31.8 Å². The molecular formula is C24H24FN3. The van der Waals surface area contributed by atoms with E-state index in [0.29, 0.717) is 12.1 Å². The quantitative estimate of drug-likeness (QED) is 0.602. The predicted molar refractivity (Wildman–Crippen MR) is 110 cm³/mol. The maximum Gasteiger partial charge on any atom is 0.123 e. The lowest BCUT2D eigenvalue weighted by atomic mass is 9.97. The molecule has 5 rings (SSSR count). The summed E-state index contributed by atoms with van der Waals surface area (Å²) >= 11 is 0. The minimum absolute atomic E-state index is 0.208. The lowest BCUT2D eigenvalue weighted by Gasteiger charge is -2.32. The molecule has 0 aliphatic carbocycles. The Bertz CT molecular complexity index is 990. The van der Waals surface area contributed by atoms with Crippen LogP contribution in [0.2, 0.25) is 0 Å². The van der Waals surface area contributed by atoms with Gasteiger partial charge >= 0.3 is 0 Å². The summed E-state index contributed by atoms with van der Waals surface area (Å²) in [5, 5.41) is 0. The molecule has 2 aliphatic rings. The number of nitrogens with zero attached hydrogens (tertiary/aromatic N) is 3. The molecule has 0 N–H and O–H groups in total. The molecule has 0 radical (unpaired) electrons. The summed E-state index contributed by atoms with van der Waals surface area (Å²) in [6.45, 7) is 3.50. The largest absolute Gasteiger partial charge is 0.374 e. The van der Waals surface area contributed by atoms with Crippen molar-refractivity contribution in [1.82, 2.24) is 14.5 Å². The van der Waals surface area contributed by atoms with Crippen LogP contribution in [0, 0.1) is 11.7 Å². The zero-order valence-corrected chi connectivity index (χ0v) is 16.0. The summed E-state index contributed by atoms with van der Waals surface area (Å²) in [7, 11) is 0. The van der Waals surface area contributed by atoms with Gasteiger partial charge in [0, 0.05) is 36.7 Å². The summed E-state index contributed by atoms with van der Waals surface area (Å²) in [5.41, 5.74) is 4.46. The Morgan fingerprint density at radius 1 is 0.964 bits per heavy atom. The van der Waals surface area contributed by atoms with Gasteiger partial charge in [-0.3, -0.25) is 4.98 Å². The second-order valence-electron chi connectivity index (χ2n) is 8.06. The summed E-state index contributed by atoms with van der Waals surface area (Å²) in [4.78, 5) is 6.64. The van der Waals surface area contributed by atoms with Gasteiger partial charge < -0.3 is 9.47 Å². The third kappa shape index (κ3) is 3.03. The molecule has 1 saturated heterocycles. The van der Waals surface area contributed by atoms with E-state index in [1.807, 2.05) is 36.7 Å². The van der Waals surface area contributed by atoms with Crippen molar-refractivity contribution in [3.05, 3.63) is 79.1 Å². The molecule has 3 nitrogen and oxygen atoms in total. The lowest BCUT2D eigenvalue weighted by Crippen LogP contribution is -2.31. The van der Waals surface area contributed by atoms with Crippen LogP contribution in [-0.2, 0) is 0 Å². The third-order valence-electron chi connectivity index (χ3n) is 6.06. The molecule has 0 bridgehead atoms. The van der Waals surface area contributed by atoms with E-state index >= 15 is 0 Å². The lowest BCUT2D eigenvalue weighted by molar-refractivity contribution is 0.282. The van der Waals surface area contributed by atoms with Crippen molar-refractivity contribution in [1.29, 1.82) is 0 Å². The fourth-order valence-electron chi connectivity index (χ4n) is 4.77. The highest BCUT2D eigenvalue weighted by Crippen LogP contribution is 2.40. The highest BCUT2D eigenvalue weighted by Gasteiger charge is 2.33. The first-order chi connectivity index (χ1) is 13.7. The van der Waals surface area contributed by atoms with E-state index in [1.54, 1.807) is 12.1 Å². The Balaban J connectivity index is 1.60. The summed E-state index contributed by atoms with van der Waals surface area (Å²) in [6.07, 6.45) is 12.8. The summed E-state index contributed by atoms with van der Waals surface area (Å²) < 4.78 is 15.9. The first-order valence-corrected chi connectivity index (χ1v) is 10.0. The smallest absolute Gasteiger partial charge is 0.123 e. The first kappa shape index (κ1) is 17.2. The van der Waals surface area contributed by atoms with E-state index in [1.165, 1.54) is 6.42 Å². The average Bonchev–Trinajstić information content (AvgIpc) is 3.31. The van der Waals surface area contributed by atoms with Gasteiger partial charge in [-0.1, -0.05) is 6.92 Å². The summed E-state index contributed by atoms with van der Waals surface area (Å²) in [5.74, 6) is 0.544. The maximum absolute atomic E-state index is 13.6. The zero-order valence-electron chi connectivity index (χ0n) is 16.0. The van der Waals surface area contributed by atoms with Crippen LogP contribution in [0.3, 0.4) is 0 Å². The molecule has 1 fully saturated rings. The van der Waals surface area contributed by atoms with E-state index < -0.39 is 0 Å².